The Kier molecular flexibility index (Phi) is 5.39. The Morgan fingerprint density at radius 2 is 1.74 bits per heavy atom. The molecule has 1 aliphatic rings. The van der Waals surface area contributed by atoms with E-state index in [4.69, 9.17) is 4.74 Å². The largest absolute Gasteiger partial charge is 0.507 e. The molecule has 0 unspecified atom stereocenters. The molecular weight excluding hydrogens is 334 g/mol. The Balaban J connectivity index is 1.56. The van der Waals surface area contributed by atoms with Crippen LogP contribution in [0.3, 0.4) is 0 Å². The minimum Gasteiger partial charge on any atom is -0.507 e. The molecule has 0 amide bonds. The molecule has 136 valence electrons. The van der Waals surface area contributed by atoms with Crippen molar-refractivity contribution in [2.75, 3.05) is 26.3 Å². The summed E-state index contributed by atoms with van der Waals surface area (Å²) in [6.07, 6.45) is 0.724. The van der Waals surface area contributed by atoms with Gasteiger partial charge >= 0.3 is 0 Å². The molecule has 3 nitrogen and oxygen atoms in total. The second-order valence-electron chi connectivity index (χ2n) is 6.86. The van der Waals surface area contributed by atoms with Gasteiger partial charge in [0.25, 0.3) is 0 Å². The van der Waals surface area contributed by atoms with Crippen LogP contribution >= 0.6 is 0 Å². The number of phenols is 1. The second kappa shape index (κ2) is 8.26. The topological polar surface area (TPSA) is 32.7 Å². The minimum absolute atomic E-state index is 0.366. The first kappa shape index (κ1) is 17.6. The fraction of sp³-hybridized carbons (Fsp3) is 0.250. The van der Waals surface area contributed by atoms with Crippen molar-refractivity contribution < 1.29 is 9.84 Å². The van der Waals surface area contributed by atoms with Gasteiger partial charge in [-0.1, -0.05) is 60.4 Å². The number of phenolic OH excluding ortho intramolecular Hbond substituents is 1. The van der Waals surface area contributed by atoms with Gasteiger partial charge in [0.15, 0.2) is 0 Å². The zero-order valence-electron chi connectivity index (χ0n) is 15.3. The fourth-order valence-electron chi connectivity index (χ4n) is 3.40. The molecule has 3 aromatic rings. The van der Waals surface area contributed by atoms with Crippen molar-refractivity contribution in [2.24, 2.45) is 0 Å². The van der Waals surface area contributed by atoms with Crippen molar-refractivity contribution in [1.29, 1.82) is 0 Å². The van der Waals surface area contributed by atoms with Gasteiger partial charge in [0.05, 0.1) is 13.2 Å². The molecule has 1 heterocycles. The van der Waals surface area contributed by atoms with Crippen LogP contribution < -0.4 is 0 Å². The third kappa shape index (κ3) is 4.31. The summed E-state index contributed by atoms with van der Waals surface area (Å²) in [5, 5.41) is 12.7. The van der Waals surface area contributed by atoms with Crippen LogP contribution in [0, 0.1) is 11.8 Å². The Labute approximate surface area is 160 Å². The van der Waals surface area contributed by atoms with Gasteiger partial charge < -0.3 is 9.84 Å². The van der Waals surface area contributed by atoms with Gasteiger partial charge in [0.1, 0.15) is 5.75 Å². The van der Waals surface area contributed by atoms with Gasteiger partial charge in [-0.15, -0.1) is 0 Å². The molecule has 4 rings (SSSR count). The van der Waals surface area contributed by atoms with Gasteiger partial charge in [-0.3, -0.25) is 4.90 Å². The van der Waals surface area contributed by atoms with Crippen LogP contribution in [-0.2, 0) is 17.7 Å². The SMILES string of the molecule is Oc1c(CN2CCOCC2)ccc2ccc(C#CCc3ccccc3)cc12. The van der Waals surface area contributed by atoms with Crippen molar-refractivity contribution in [3.63, 3.8) is 0 Å². The van der Waals surface area contributed by atoms with E-state index in [2.05, 4.69) is 34.9 Å². The number of hydrogen-bond donors (Lipinski definition) is 1. The maximum atomic E-state index is 10.8. The van der Waals surface area contributed by atoms with Gasteiger partial charge in [-0.05, 0) is 23.1 Å². The second-order valence-corrected chi connectivity index (χ2v) is 6.86. The van der Waals surface area contributed by atoms with Crippen molar-refractivity contribution in [1.82, 2.24) is 4.90 Å². The number of ether oxygens (including phenoxy) is 1. The maximum Gasteiger partial charge on any atom is 0.127 e. The zero-order valence-corrected chi connectivity index (χ0v) is 15.3. The van der Waals surface area contributed by atoms with E-state index in [9.17, 15) is 5.11 Å². The van der Waals surface area contributed by atoms with Crippen molar-refractivity contribution in [2.45, 2.75) is 13.0 Å². The summed E-state index contributed by atoms with van der Waals surface area (Å²) in [4.78, 5) is 2.31. The lowest BCUT2D eigenvalue weighted by molar-refractivity contribution is 0.0339. The zero-order chi connectivity index (χ0) is 18.5. The van der Waals surface area contributed by atoms with E-state index in [1.54, 1.807) is 0 Å². The summed E-state index contributed by atoms with van der Waals surface area (Å²) in [5.74, 6) is 6.82. The monoisotopic (exact) mass is 357 g/mol. The summed E-state index contributed by atoms with van der Waals surface area (Å²) in [6, 6.07) is 20.4. The summed E-state index contributed by atoms with van der Waals surface area (Å²) in [6.45, 7) is 4.07. The number of morpholine rings is 1. The quantitative estimate of drug-likeness (QED) is 0.720. The number of nitrogens with zero attached hydrogens (tertiary/aromatic N) is 1. The minimum atomic E-state index is 0.366. The molecule has 0 radical (unpaired) electrons. The van der Waals surface area contributed by atoms with E-state index in [1.165, 1.54) is 5.56 Å². The van der Waals surface area contributed by atoms with Crippen LogP contribution in [0.15, 0.2) is 60.7 Å². The summed E-state index contributed by atoms with van der Waals surface area (Å²) >= 11 is 0. The predicted molar refractivity (Wildman–Crippen MR) is 109 cm³/mol. The van der Waals surface area contributed by atoms with Crippen molar-refractivity contribution in [3.8, 4) is 17.6 Å². The molecule has 0 aromatic heterocycles. The van der Waals surface area contributed by atoms with Gasteiger partial charge in [-0.25, -0.2) is 0 Å². The van der Waals surface area contributed by atoms with E-state index < -0.39 is 0 Å². The molecule has 27 heavy (non-hydrogen) atoms. The molecule has 0 atom stereocenters. The van der Waals surface area contributed by atoms with Crippen LogP contribution in [0.25, 0.3) is 10.8 Å². The average Bonchev–Trinajstić information content (AvgIpc) is 2.72. The Hall–Kier alpha value is -2.80. The van der Waals surface area contributed by atoms with E-state index >= 15 is 0 Å². The third-order valence-corrected chi connectivity index (χ3v) is 4.94. The van der Waals surface area contributed by atoms with Gasteiger partial charge in [0.2, 0.25) is 0 Å². The standard InChI is InChI=1S/C24H23NO2/c26-24-22(18-25-13-15-27-16-14-25)12-11-21-10-9-20(17-23(21)24)8-4-7-19-5-2-1-3-6-19/h1-3,5-6,9-12,17,26H,7,13-16,18H2. The molecule has 1 saturated heterocycles. The molecule has 1 fully saturated rings. The lowest BCUT2D eigenvalue weighted by Crippen LogP contribution is -2.35. The van der Waals surface area contributed by atoms with Crippen molar-refractivity contribution in [3.05, 3.63) is 77.4 Å². The smallest absolute Gasteiger partial charge is 0.127 e. The highest BCUT2D eigenvalue weighted by molar-refractivity contribution is 5.90. The molecule has 3 heteroatoms. The molecule has 1 N–H and O–H groups in total. The van der Waals surface area contributed by atoms with Crippen LogP contribution in [-0.4, -0.2) is 36.3 Å². The highest BCUT2D eigenvalue weighted by Crippen LogP contribution is 2.30. The molecule has 0 spiro atoms. The number of aromatic hydroxyl groups is 1. The van der Waals surface area contributed by atoms with E-state index in [0.29, 0.717) is 5.75 Å². The molecule has 0 bridgehead atoms. The predicted octanol–water partition coefficient (Wildman–Crippen LogP) is 3.97. The lowest BCUT2D eigenvalue weighted by atomic mass is 10.0. The molecule has 1 aliphatic heterocycles. The summed E-state index contributed by atoms with van der Waals surface area (Å²) < 4.78 is 5.40. The summed E-state index contributed by atoms with van der Waals surface area (Å²) in [7, 11) is 0. The van der Waals surface area contributed by atoms with Crippen LogP contribution in [0.5, 0.6) is 5.75 Å². The van der Waals surface area contributed by atoms with E-state index in [0.717, 1.165) is 61.2 Å². The van der Waals surface area contributed by atoms with Crippen LogP contribution in [0.4, 0.5) is 0 Å². The first-order valence-corrected chi connectivity index (χ1v) is 9.37. The third-order valence-electron chi connectivity index (χ3n) is 4.94. The van der Waals surface area contributed by atoms with E-state index in [-0.39, 0.29) is 0 Å². The van der Waals surface area contributed by atoms with Crippen LogP contribution in [0.2, 0.25) is 0 Å². The highest BCUT2D eigenvalue weighted by atomic mass is 16.5. The first-order valence-electron chi connectivity index (χ1n) is 9.37. The Morgan fingerprint density at radius 1 is 0.963 bits per heavy atom. The molecule has 0 aliphatic carbocycles. The average molecular weight is 357 g/mol. The van der Waals surface area contributed by atoms with Gasteiger partial charge in [-0.2, -0.15) is 0 Å². The van der Waals surface area contributed by atoms with Gasteiger partial charge in [0, 0.05) is 42.6 Å². The Morgan fingerprint density at radius 3 is 2.56 bits per heavy atom. The maximum absolute atomic E-state index is 10.8. The first-order chi connectivity index (χ1) is 13.3. The normalized spacial score (nSPS) is 14.7. The molecular formula is C24H23NO2. The summed E-state index contributed by atoms with van der Waals surface area (Å²) in [5.41, 5.74) is 3.09. The number of hydrogen-bond acceptors (Lipinski definition) is 3. The van der Waals surface area contributed by atoms with E-state index in [1.807, 2.05) is 42.5 Å². The Bertz CT molecular complexity index is 980. The van der Waals surface area contributed by atoms with Crippen LogP contribution in [0.1, 0.15) is 16.7 Å². The van der Waals surface area contributed by atoms with Crippen molar-refractivity contribution >= 4 is 10.8 Å². The highest BCUT2D eigenvalue weighted by Gasteiger charge is 2.14. The number of benzene rings is 3. The molecule has 0 saturated carbocycles. The number of fused-ring (bicyclic) bond motifs is 1. The number of rotatable bonds is 3. The lowest BCUT2D eigenvalue weighted by Gasteiger charge is -2.27. The molecule has 3 aromatic carbocycles. The fourth-order valence-corrected chi connectivity index (χ4v) is 3.40.